The monoisotopic (exact) mass is 315 g/mol. The lowest BCUT2D eigenvalue weighted by Crippen LogP contribution is -2.14. The maximum absolute atomic E-state index is 4.61. The smallest absolute Gasteiger partial charge is 0.193 e. The molecule has 4 rings (SSSR count). The number of rotatable bonds is 6. The second-order valence-corrected chi connectivity index (χ2v) is 7.33. The molecule has 3 aromatic rings. The van der Waals surface area contributed by atoms with E-state index in [-0.39, 0.29) is 0 Å². The molecule has 0 atom stereocenters. The zero-order chi connectivity index (χ0) is 14.1. The minimum Gasteiger partial charge on any atom is -0.310 e. The summed E-state index contributed by atoms with van der Waals surface area (Å²) in [5, 5.41) is 5.61. The van der Waals surface area contributed by atoms with E-state index in [2.05, 4.69) is 56.7 Å². The Kier molecular flexibility index (Phi) is 3.71. The van der Waals surface area contributed by atoms with Crippen LogP contribution in [0.5, 0.6) is 0 Å². The lowest BCUT2D eigenvalue weighted by atomic mass is 10.2. The molecule has 2 aromatic heterocycles. The van der Waals surface area contributed by atoms with Crippen LogP contribution in [-0.4, -0.2) is 15.4 Å². The van der Waals surface area contributed by atoms with Gasteiger partial charge in [-0.3, -0.25) is 4.40 Å². The lowest BCUT2D eigenvalue weighted by Gasteiger charge is -2.04. The number of hydrogen-bond donors (Lipinski definition) is 1. The average Bonchev–Trinajstić information content (AvgIpc) is 3.10. The van der Waals surface area contributed by atoms with Gasteiger partial charge in [-0.05, 0) is 30.5 Å². The fraction of sp³-hybridized carbons (Fsp3) is 0.312. The molecule has 2 heterocycles. The van der Waals surface area contributed by atoms with Crippen LogP contribution in [-0.2, 0) is 12.3 Å². The molecule has 0 aliphatic heterocycles. The van der Waals surface area contributed by atoms with Gasteiger partial charge in [-0.25, -0.2) is 4.98 Å². The van der Waals surface area contributed by atoms with E-state index in [1.807, 2.05) is 11.8 Å². The van der Waals surface area contributed by atoms with Gasteiger partial charge in [0.2, 0.25) is 0 Å². The SMILES string of the molecule is c1cn2cc(CSc3ccc(CNC4CC4)cc3)nc2s1. The van der Waals surface area contributed by atoms with E-state index in [0.717, 1.165) is 29.0 Å². The van der Waals surface area contributed by atoms with Gasteiger partial charge in [0, 0.05) is 41.0 Å². The molecule has 1 fully saturated rings. The number of nitrogens with one attached hydrogen (secondary N) is 1. The predicted molar refractivity (Wildman–Crippen MR) is 88.9 cm³/mol. The van der Waals surface area contributed by atoms with Gasteiger partial charge < -0.3 is 5.32 Å². The maximum Gasteiger partial charge on any atom is 0.193 e. The number of fused-ring (bicyclic) bond motifs is 1. The molecular weight excluding hydrogens is 298 g/mol. The molecule has 0 radical (unpaired) electrons. The van der Waals surface area contributed by atoms with Gasteiger partial charge in [-0.15, -0.1) is 23.1 Å². The van der Waals surface area contributed by atoms with Gasteiger partial charge in [0.25, 0.3) is 0 Å². The molecule has 0 saturated heterocycles. The first kappa shape index (κ1) is 13.4. The second kappa shape index (κ2) is 5.83. The summed E-state index contributed by atoms with van der Waals surface area (Å²) in [4.78, 5) is 6.99. The van der Waals surface area contributed by atoms with Crippen molar-refractivity contribution in [2.24, 2.45) is 0 Å². The minimum absolute atomic E-state index is 0.772. The summed E-state index contributed by atoms with van der Waals surface area (Å²) in [5.41, 5.74) is 2.51. The van der Waals surface area contributed by atoms with Crippen LogP contribution in [0, 0.1) is 0 Å². The van der Waals surface area contributed by atoms with E-state index >= 15 is 0 Å². The van der Waals surface area contributed by atoms with Crippen molar-refractivity contribution in [2.45, 2.75) is 36.1 Å². The third-order valence-corrected chi connectivity index (χ3v) is 5.44. The average molecular weight is 315 g/mol. The van der Waals surface area contributed by atoms with Gasteiger partial charge in [-0.2, -0.15) is 0 Å². The molecule has 1 aromatic carbocycles. The van der Waals surface area contributed by atoms with Crippen molar-refractivity contribution in [3.8, 4) is 0 Å². The highest BCUT2D eigenvalue weighted by atomic mass is 32.2. The van der Waals surface area contributed by atoms with Crippen LogP contribution in [0.4, 0.5) is 0 Å². The number of thiazole rings is 1. The van der Waals surface area contributed by atoms with Gasteiger partial charge in [0.05, 0.1) is 5.69 Å². The van der Waals surface area contributed by atoms with E-state index in [9.17, 15) is 0 Å². The summed E-state index contributed by atoms with van der Waals surface area (Å²) in [6.07, 6.45) is 6.86. The Hall–Kier alpha value is -1.30. The quantitative estimate of drug-likeness (QED) is 0.699. The Bertz CT molecular complexity index is 697. The molecule has 0 amide bonds. The molecule has 1 N–H and O–H groups in total. The summed E-state index contributed by atoms with van der Waals surface area (Å²) in [5.74, 6) is 0.925. The summed E-state index contributed by atoms with van der Waals surface area (Å²) in [6, 6.07) is 9.65. The number of imidazole rings is 1. The number of aromatic nitrogens is 2. The molecule has 108 valence electrons. The largest absolute Gasteiger partial charge is 0.310 e. The van der Waals surface area contributed by atoms with E-state index < -0.39 is 0 Å². The molecule has 1 aliphatic rings. The van der Waals surface area contributed by atoms with E-state index in [0.29, 0.717) is 0 Å². The summed E-state index contributed by atoms with van der Waals surface area (Å²) in [7, 11) is 0. The summed E-state index contributed by atoms with van der Waals surface area (Å²) in [6.45, 7) is 0.993. The van der Waals surface area contributed by atoms with E-state index in [4.69, 9.17) is 0 Å². The lowest BCUT2D eigenvalue weighted by molar-refractivity contribution is 0.687. The van der Waals surface area contributed by atoms with E-state index in [1.54, 1.807) is 11.3 Å². The second-order valence-electron chi connectivity index (χ2n) is 5.41. The van der Waals surface area contributed by atoms with Crippen LogP contribution in [0.3, 0.4) is 0 Å². The van der Waals surface area contributed by atoms with Crippen LogP contribution in [0.1, 0.15) is 24.1 Å². The zero-order valence-electron chi connectivity index (χ0n) is 11.7. The standard InChI is InChI=1S/C16H17N3S2/c1-5-15(6-2-12(1)9-17-13-3-4-13)21-11-14-10-19-7-8-20-16(19)18-14/h1-2,5-8,10,13,17H,3-4,9,11H2. The Morgan fingerprint density at radius 2 is 2.14 bits per heavy atom. The first-order valence-corrected chi connectivity index (χ1v) is 9.09. The van der Waals surface area contributed by atoms with Gasteiger partial charge >= 0.3 is 0 Å². The number of hydrogen-bond acceptors (Lipinski definition) is 4. The van der Waals surface area contributed by atoms with Crippen LogP contribution in [0.2, 0.25) is 0 Å². The number of nitrogens with zero attached hydrogens (tertiary/aromatic N) is 2. The fourth-order valence-electron chi connectivity index (χ4n) is 2.26. The number of benzene rings is 1. The third kappa shape index (κ3) is 3.31. The van der Waals surface area contributed by atoms with Crippen LogP contribution >= 0.6 is 23.1 Å². The molecule has 1 aliphatic carbocycles. The van der Waals surface area contributed by atoms with Crippen molar-refractivity contribution in [3.63, 3.8) is 0 Å². The summed E-state index contributed by atoms with van der Waals surface area (Å²) < 4.78 is 2.09. The van der Waals surface area contributed by atoms with Crippen LogP contribution < -0.4 is 5.32 Å². The molecule has 3 nitrogen and oxygen atoms in total. The predicted octanol–water partition coefficient (Wildman–Crippen LogP) is 3.94. The molecule has 0 spiro atoms. The van der Waals surface area contributed by atoms with Crippen molar-refractivity contribution < 1.29 is 0 Å². The first-order valence-electron chi connectivity index (χ1n) is 7.23. The van der Waals surface area contributed by atoms with Gasteiger partial charge in [0.1, 0.15) is 0 Å². The molecular formula is C16H17N3S2. The van der Waals surface area contributed by atoms with Crippen LogP contribution in [0.15, 0.2) is 46.9 Å². The van der Waals surface area contributed by atoms with Gasteiger partial charge in [-0.1, -0.05) is 12.1 Å². The zero-order valence-corrected chi connectivity index (χ0v) is 13.3. The van der Waals surface area contributed by atoms with Crippen molar-refractivity contribution in [1.82, 2.24) is 14.7 Å². The number of thioether (sulfide) groups is 1. The Morgan fingerprint density at radius 1 is 1.29 bits per heavy atom. The van der Waals surface area contributed by atoms with Crippen molar-refractivity contribution in [2.75, 3.05) is 0 Å². The van der Waals surface area contributed by atoms with Crippen molar-refractivity contribution in [3.05, 3.63) is 53.3 Å². The van der Waals surface area contributed by atoms with Gasteiger partial charge in [0.15, 0.2) is 4.96 Å². The highest BCUT2D eigenvalue weighted by Crippen LogP contribution is 2.24. The molecule has 0 bridgehead atoms. The molecule has 21 heavy (non-hydrogen) atoms. The Labute approximate surface area is 132 Å². The molecule has 1 saturated carbocycles. The summed E-state index contributed by atoms with van der Waals surface area (Å²) >= 11 is 3.53. The van der Waals surface area contributed by atoms with Crippen molar-refractivity contribution in [1.29, 1.82) is 0 Å². The highest BCUT2D eigenvalue weighted by molar-refractivity contribution is 7.98. The normalized spacial score (nSPS) is 14.9. The topological polar surface area (TPSA) is 29.3 Å². The highest BCUT2D eigenvalue weighted by Gasteiger charge is 2.19. The molecule has 0 unspecified atom stereocenters. The first-order chi connectivity index (χ1) is 10.4. The fourth-order valence-corrected chi connectivity index (χ4v) is 3.76. The Morgan fingerprint density at radius 3 is 2.90 bits per heavy atom. The Balaban J connectivity index is 1.34. The molecule has 5 heteroatoms. The third-order valence-electron chi connectivity index (χ3n) is 3.63. The van der Waals surface area contributed by atoms with Crippen molar-refractivity contribution >= 4 is 28.1 Å². The van der Waals surface area contributed by atoms with Crippen LogP contribution in [0.25, 0.3) is 4.96 Å². The van der Waals surface area contributed by atoms with E-state index in [1.165, 1.54) is 23.3 Å². The minimum atomic E-state index is 0.772. The maximum atomic E-state index is 4.61.